The number of carbonyl (C=O) groups is 1. The summed E-state index contributed by atoms with van der Waals surface area (Å²) in [6, 6.07) is 6.50. The molecule has 0 bridgehead atoms. The van der Waals surface area contributed by atoms with E-state index in [1.54, 1.807) is 24.3 Å². The molecule has 1 aromatic carbocycles. The molecule has 0 amide bonds. The fraction of sp³-hybridized carbons (Fsp3) is 0.417. The molecule has 0 saturated heterocycles. The number of rotatable bonds is 6. The van der Waals surface area contributed by atoms with Gasteiger partial charge in [0.1, 0.15) is 0 Å². The Labute approximate surface area is 94.8 Å². The summed E-state index contributed by atoms with van der Waals surface area (Å²) in [5.41, 5.74) is 1.09. The number of benzene rings is 1. The quantitative estimate of drug-likeness (QED) is 0.754. The summed E-state index contributed by atoms with van der Waals surface area (Å²) in [6.07, 6.45) is -0.419. The second-order valence-electron chi connectivity index (χ2n) is 3.17. The Morgan fingerprint density at radius 1 is 1.19 bits per heavy atom. The van der Waals surface area contributed by atoms with E-state index in [4.69, 9.17) is 14.6 Å². The molecule has 4 nitrogen and oxygen atoms in total. The molecule has 0 aliphatic heterocycles. The molecule has 0 aliphatic carbocycles. The molecule has 0 saturated carbocycles. The van der Waals surface area contributed by atoms with E-state index in [9.17, 15) is 4.79 Å². The summed E-state index contributed by atoms with van der Waals surface area (Å²) in [6.45, 7) is 4.87. The minimum atomic E-state index is -0.934. The smallest absolute Gasteiger partial charge is 0.335 e. The average Bonchev–Trinajstić information content (AvgIpc) is 2.29. The van der Waals surface area contributed by atoms with E-state index in [0.717, 1.165) is 5.56 Å². The molecule has 4 heteroatoms. The first-order chi connectivity index (χ1) is 7.69. The second-order valence-corrected chi connectivity index (χ2v) is 3.17. The highest BCUT2D eigenvalue weighted by Crippen LogP contribution is 2.19. The highest BCUT2D eigenvalue weighted by Gasteiger charge is 2.11. The standard InChI is InChI=1S/C12H16O4/c1-3-15-12(16-4-2)10-7-5-9(6-8-10)11(13)14/h5-8,12H,3-4H2,1-2H3,(H,13,14). The molecule has 1 aromatic rings. The molecule has 1 rings (SSSR count). The summed E-state index contributed by atoms with van der Waals surface area (Å²) in [5.74, 6) is -0.934. The van der Waals surface area contributed by atoms with E-state index in [0.29, 0.717) is 13.2 Å². The number of hydrogen-bond acceptors (Lipinski definition) is 3. The van der Waals surface area contributed by atoms with Gasteiger partial charge in [-0.1, -0.05) is 12.1 Å². The van der Waals surface area contributed by atoms with Crippen molar-refractivity contribution in [2.75, 3.05) is 13.2 Å². The number of carboxylic acid groups (broad SMARTS) is 1. The molecule has 0 fully saturated rings. The lowest BCUT2D eigenvalue weighted by Gasteiger charge is -2.17. The Hall–Kier alpha value is -1.39. The van der Waals surface area contributed by atoms with Crippen LogP contribution in [0.4, 0.5) is 0 Å². The first-order valence-corrected chi connectivity index (χ1v) is 5.25. The van der Waals surface area contributed by atoms with Crippen molar-refractivity contribution in [2.24, 2.45) is 0 Å². The van der Waals surface area contributed by atoms with E-state index in [1.165, 1.54) is 0 Å². The molecule has 0 unspecified atom stereocenters. The molecule has 0 aromatic heterocycles. The van der Waals surface area contributed by atoms with Crippen molar-refractivity contribution in [3.63, 3.8) is 0 Å². The first-order valence-electron chi connectivity index (χ1n) is 5.25. The molecule has 88 valence electrons. The van der Waals surface area contributed by atoms with Crippen molar-refractivity contribution in [1.82, 2.24) is 0 Å². The van der Waals surface area contributed by atoms with Crippen molar-refractivity contribution >= 4 is 5.97 Å². The van der Waals surface area contributed by atoms with E-state index in [2.05, 4.69) is 0 Å². The SMILES string of the molecule is CCOC(OCC)c1ccc(C(=O)O)cc1. The number of carboxylic acids is 1. The molecule has 0 heterocycles. The van der Waals surface area contributed by atoms with Gasteiger partial charge in [-0.3, -0.25) is 0 Å². The highest BCUT2D eigenvalue weighted by molar-refractivity contribution is 5.87. The van der Waals surface area contributed by atoms with E-state index in [1.807, 2.05) is 13.8 Å². The largest absolute Gasteiger partial charge is 0.478 e. The number of aromatic carboxylic acids is 1. The fourth-order valence-electron chi connectivity index (χ4n) is 1.33. The van der Waals surface area contributed by atoms with Gasteiger partial charge in [0.2, 0.25) is 0 Å². The first kappa shape index (κ1) is 12.7. The van der Waals surface area contributed by atoms with Crippen molar-refractivity contribution in [3.05, 3.63) is 35.4 Å². The van der Waals surface area contributed by atoms with Gasteiger partial charge in [-0.15, -0.1) is 0 Å². The van der Waals surface area contributed by atoms with Crippen LogP contribution in [0.15, 0.2) is 24.3 Å². The van der Waals surface area contributed by atoms with Crippen molar-refractivity contribution in [2.45, 2.75) is 20.1 Å². The van der Waals surface area contributed by atoms with Crippen LogP contribution in [0.1, 0.15) is 36.1 Å². The summed E-state index contributed by atoms with van der Waals surface area (Å²) in [7, 11) is 0. The van der Waals surface area contributed by atoms with Gasteiger partial charge >= 0.3 is 5.97 Å². The van der Waals surface area contributed by atoms with E-state index < -0.39 is 12.3 Å². The topological polar surface area (TPSA) is 55.8 Å². The van der Waals surface area contributed by atoms with Gasteiger partial charge in [0.15, 0.2) is 6.29 Å². The predicted molar refractivity (Wildman–Crippen MR) is 59.4 cm³/mol. The molecule has 0 radical (unpaired) electrons. The van der Waals surface area contributed by atoms with Gasteiger partial charge in [-0.25, -0.2) is 4.79 Å². The van der Waals surface area contributed by atoms with Gasteiger partial charge < -0.3 is 14.6 Å². The van der Waals surface area contributed by atoms with Crippen LogP contribution >= 0.6 is 0 Å². The maximum atomic E-state index is 10.7. The Morgan fingerprint density at radius 3 is 2.06 bits per heavy atom. The number of hydrogen-bond donors (Lipinski definition) is 1. The third-order valence-corrected chi connectivity index (χ3v) is 2.07. The van der Waals surface area contributed by atoms with Crippen LogP contribution in [0.2, 0.25) is 0 Å². The zero-order valence-corrected chi connectivity index (χ0v) is 9.47. The Bertz CT molecular complexity index is 325. The molecule has 16 heavy (non-hydrogen) atoms. The Kier molecular flexibility index (Phi) is 4.95. The third kappa shape index (κ3) is 3.32. The van der Waals surface area contributed by atoms with Crippen LogP contribution in [0.25, 0.3) is 0 Å². The Balaban J connectivity index is 2.80. The molecule has 0 aliphatic rings. The van der Waals surface area contributed by atoms with Crippen LogP contribution in [-0.2, 0) is 9.47 Å². The zero-order valence-electron chi connectivity index (χ0n) is 9.47. The maximum Gasteiger partial charge on any atom is 0.335 e. The normalized spacial score (nSPS) is 10.7. The van der Waals surface area contributed by atoms with Crippen LogP contribution in [0.3, 0.4) is 0 Å². The Morgan fingerprint density at radius 2 is 1.69 bits per heavy atom. The summed E-state index contributed by atoms with van der Waals surface area (Å²) in [4.78, 5) is 10.7. The zero-order chi connectivity index (χ0) is 12.0. The third-order valence-electron chi connectivity index (χ3n) is 2.07. The van der Waals surface area contributed by atoms with Crippen molar-refractivity contribution in [1.29, 1.82) is 0 Å². The summed E-state index contributed by atoms with van der Waals surface area (Å²) < 4.78 is 10.8. The predicted octanol–water partition coefficient (Wildman–Crippen LogP) is 2.46. The van der Waals surface area contributed by atoms with Gasteiger partial charge in [0.25, 0.3) is 0 Å². The maximum absolute atomic E-state index is 10.7. The average molecular weight is 224 g/mol. The lowest BCUT2D eigenvalue weighted by atomic mass is 10.1. The fourth-order valence-corrected chi connectivity index (χ4v) is 1.33. The molecular weight excluding hydrogens is 208 g/mol. The number of ether oxygens (including phenoxy) is 2. The summed E-state index contributed by atoms with van der Waals surface area (Å²) >= 11 is 0. The molecule has 1 N–H and O–H groups in total. The van der Waals surface area contributed by atoms with Crippen LogP contribution in [-0.4, -0.2) is 24.3 Å². The van der Waals surface area contributed by atoms with Crippen molar-refractivity contribution < 1.29 is 19.4 Å². The van der Waals surface area contributed by atoms with E-state index >= 15 is 0 Å². The van der Waals surface area contributed by atoms with Crippen LogP contribution in [0.5, 0.6) is 0 Å². The van der Waals surface area contributed by atoms with E-state index in [-0.39, 0.29) is 5.56 Å². The van der Waals surface area contributed by atoms with Gasteiger partial charge in [0, 0.05) is 18.8 Å². The lowest BCUT2D eigenvalue weighted by Crippen LogP contribution is -2.09. The van der Waals surface area contributed by atoms with Gasteiger partial charge in [0.05, 0.1) is 5.56 Å². The van der Waals surface area contributed by atoms with Gasteiger partial charge in [-0.2, -0.15) is 0 Å². The minimum absolute atomic E-state index is 0.260. The van der Waals surface area contributed by atoms with Crippen LogP contribution < -0.4 is 0 Å². The second kappa shape index (κ2) is 6.25. The lowest BCUT2D eigenvalue weighted by molar-refractivity contribution is -0.140. The van der Waals surface area contributed by atoms with Crippen molar-refractivity contribution in [3.8, 4) is 0 Å². The van der Waals surface area contributed by atoms with Gasteiger partial charge in [-0.05, 0) is 26.0 Å². The van der Waals surface area contributed by atoms with Crippen LogP contribution in [0, 0.1) is 0 Å². The minimum Gasteiger partial charge on any atom is -0.478 e. The molecule has 0 spiro atoms. The molecule has 0 atom stereocenters. The monoisotopic (exact) mass is 224 g/mol. The highest BCUT2D eigenvalue weighted by atomic mass is 16.7. The summed E-state index contributed by atoms with van der Waals surface area (Å²) in [5, 5.41) is 8.76. The molecular formula is C12H16O4.